The molecule has 2 amide bonds. The molecule has 0 spiro atoms. The van der Waals surface area contributed by atoms with Crippen molar-refractivity contribution in [2.24, 2.45) is 5.92 Å². The van der Waals surface area contributed by atoms with Crippen LogP contribution in [0, 0.1) is 5.92 Å². The summed E-state index contributed by atoms with van der Waals surface area (Å²) < 4.78 is 5.90. The molecule has 1 aromatic rings. The van der Waals surface area contributed by atoms with Crippen LogP contribution in [-0.4, -0.2) is 57.1 Å². The fourth-order valence-corrected chi connectivity index (χ4v) is 7.68. The molecule has 0 aliphatic carbocycles. The molecule has 1 fully saturated rings. The number of thioether (sulfide) groups is 2. The van der Waals surface area contributed by atoms with Crippen LogP contribution in [-0.2, 0) is 9.53 Å². The SMILES string of the molecule is COC(=O)NC(C(=O)N1CCCC1c1ncc(C2=CC3SC(Br)=CC3S2)[nH]1)C(C)C. The fraction of sp³-hybridized carbons (Fsp3) is 0.550. The number of nitrogens with one attached hydrogen (secondary N) is 2. The monoisotopic (exact) mass is 512 g/mol. The van der Waals surface area contributed by atoms with Gasteiger partial charge in [-0.2, -0.15) is 0 Å². The minimum Gasteiger partial charge on any atom is -0.453 e. The fourth-order valence-electron chi connectivity index (χ4n) is 4.00. The van der Waals surface area contributed by atoms with Gasteiger partial charge in [0.1, 0.15) is 11.9 Å². The Hall–Kier alpha value is -1.39. The summed E-state index contributed by atoms with van der Waals surface area (Å²) >= 11 is 7.24. The number of alkyl carbamates (subject to hydrolysis) is 1. The molecule has 10 heteroatoms. The van der Waals surface area contributed by atoms with Crippen LogP contribution in [0.25, 0.3) is 4.91 Å². The Morgan fingerprint density at radius 2 is 2.10 bits per heavy atom. The van der Waals surface area contributed by atoms with Crippen molar-refractivity contribution in [1.82, 2.24) is 20.2 Å². The van der Waals surface area contributed by atoms with Gasteiger partial charge in [0.25, 0.3) is 0 Å². The number of methoxy groups -OCH3 is 1. The highest BCUT2D eigenvalue weighted by atomic mass is 79.9. The number of aromatic nitrogens is 2. The van der Waals surface area contributed by atoms with E-state index in [2.05, 4.69) is 43.4 Å². The summed E-state index contributed by atoms with van der Waals surface area (Å²) in [5, 5.41) is 3.59. The van der Waals surface area contributed by atoms with Gasteiger partial charge in [-0.15, -0.1) is 23.5 Å². The molecule has 7 nitrogen and oxygen atoms in total. The number of imidazole rings is 1. The highest BCUT2D eigenvalue weighted by Crippen LogP contribution is 2.51. The van der Waals surface area contributed by atoms with Crippen LogP contribution in [0.1, 0.15) is 44.2 Å². The lowest BCUT2D eigenvalue weighted by Crippen LogP contribution is -2.51. The van der Waals surface area contributed by atoms with E-state index >= 15 is 0 Å². The normalized spacial score (nSPS) is 26.4. The van der Waals surface area contributed by atoms with Gasteiger partial charge < -0.3 is 19.9 Å². The number of aromatic amines is 1. The van der Waals surface area contributed by atoms with Crippen molar-refractivity contribution in [1.29, 1.82) is 0 Å². The number of carbonyl (C=O) groups is 2. The lowest BCUT2D eigenvalue weighted by atomic mass is 10.0. The summed E-state index contributed by atoms with van der Waals surface area (Å²) in [5.41, 5.74) is 1.00. The molecule has 1 aromatic heterocycles. The Kier molecular flexibility index (Phi) is 6.55. The Balaban J connectivity index is 1.48. The third-order valence-corrected chi connectivity index (χ3v) is 8.92. The number of ether oxygens (including phenoxy) is 1. The Bertz CT molecular complexity index is 900. The van der Waals surface area contributed by atoms with Crippen molar-refractivity contribution >= 4 is 56.4 Å². The summed E-state index contributed by atoms with van der Waals surface area (Å²) in [6.07, 6.45) is 7.57. The molecule has 0 bridgehead atoms. The summed E-state index contributed by atoms with van der Waals surface area (Å²) in [6.45, 7) is 4.49. The van der Waals surface area contributed by atoms with Gasteiger partial charge in [-0.25, -0.2) is 9.78 Å². The molecule has 4 atom stereocenters. The Morgan fingerprint density at radius 1 is 1.33 bits per heavy atom. The minimum absolute atomic E-state index is 0.0469. The van der Waals surface area contributed by atoms with Crippen molar-refractivity contribution in [3.63, 3.8) is 0 Å². The molecule has 4 rings (SSSR count). The molecule has 4 heterocycles. The maximum Gasteiger partial charge on any atom is 0.407 e. The number of rotatable bonds is 5. The van der Waals surface area contributed by atoms with E-state index in [1.165, 1.54) is 15.8 Å². The topological polar surface area (TPSA) is 87.3 Å². The molecular formula is C20H25BrN4O3S2. The zero-order valence-electron chi connectivity index (χ0n) is 17.1. The van der Waals surface area contributed by atoms with Crippen LogP contribution in [0.15, 0.2) is 22.2 Å². The molecule has 0 aromatic carbocycles. The van der Waals surface area contributed by atoms with Crippen LogP contribution in [0.2, 0.25) is 0 Å². The van der Waals surface area contributed by atoms with E-state index in [0.717, 1.165) is 24.4 Å². The number of fused-ring (bicyclic) bond motifs is 1. The predicted octanol–water partition coefficient (Wildman–Crippen LogP) is 4.26. The molecule has 30 heavy (non-hydrogen) atoms. The van der Waals surface area contributed by atoms with Crippen LogP contribution < -0.4 is 5.32 Å². The maximum atomic E-state index is 13.2. The smallest absolute Gasteiger partial charge is 0.407 e. The number of H-pyrrole nitrogens is 1. The average Bonchev–Trinajstić information content (AvgIpc) is 3.46. The average molecular weight is 513 g/mol. The molecule has 3 aliphatic heterocycles. The molecule has 1 saturated heterocycles. The van der Waals surface area contributed by atoms with Crippen molar-refractivity contribution in [3.05, 3.63) is 33.7 Å². The number of carbonyl (C=O) groups excluding carboxylic acids is 2. The largest absolute Gasteiger partial charge is 0.453 e. The first-order valence-electron chi connectivity index (χ1n) is 10.00. The third kappa shape index (κ3) is 4.31. The number of likely N-dealkylation sites (tertiary alicyclic amines) is 1. The van der Waals surface area contributed by atoms with Crippen molar-refractivity contribution in [3.8, 4) is 0 Å². The molecule has 3 aliphatic rings. The first kappa shape index (κ1) is 21.8. The second-order valence-electron chi connectivity index (χ2n) is 7.90. The Labute approximate surface area is 193 Å². The van der Waals surface area contributed by atoms with Crippen molar-refractivity contribution < 1.29 is 14.3 Å². The van der Waals surface area contributed by atoms with Crippen LogP contribution >= 0.6 is 39.5 Å². The van der Waals surface area contributed by atoms with Gasteiger partial charge in [0, 0.05) is 25.8 Å². The second kappa shape index (κ2) is 9.00. The molecule has 2 N–H and O–H groups in total. The van der Waals surface area contributed by atoms with Crippen molar-refractivity contribution in [2.75, 3.05) is 13.7 Å². The summed E-state index contributed by atoms with van der Waals surface area (Å²) in [7, 11) is 1.30. The van der Waals surface area contributed by atoms with Gasteiger partial charge in [0.2, 0.25) is 5.91 Å². The van der Waals surface area contributed by atoms with Crippen molar-refractivity contribution in [2.45, 2.75) is 49.3 Å². The van der Waals surface area contributed by atoms with E-state index in [4.69, 9.17) is 4.74 Å². The lowest BCUT2D eigenvalue weighted by Gasteiger charge is -2.30. The summed E-state index contributed by atoms with van der Waals surface area (Å²) in [6, 6.07) is -0.732. The van der Waals surface area contributed by atoms with E-state index in [9.17, 15) is 9.59 Å². The minimum atomic E-state index is -0.623. The lowest BCUT2D eigenvalue weighted by molar-refractivity contribution is -0.135. The van der Waals surface area contributed by atoms with Gasteiger partial charge in [-0.1, -0.05) is 19.9 Å². The third-order valence-electron chi connectivity index (χ3n) is 5.55. The summed E-state index contributed by atoms with van der Waals surface area (Å²) in [4.78, 5) is 36.1. The standard InChI is InChI=1S/C20H25BrN4O3S2/c1-10(2)17(24-20(27)28-3)19(26)25-6-4-5-12(25)18-22-9-11(23-18)13-7-14-15(29-13)8-16(21)30-14/h7-10,12,14-15,17H,4-6H2,1-3H3,(H,22,23)(H,24,27). The number of halogens is 1. The molecule has 0 saturated carbocycles. The van der Waals surface area contributed by atoms with Crippen LogP contribution in [0.4, 0.5) is 4.79 Å². The summed E-state index contributed by atoms with van der Waals surface area (Å²) in [5.74, 6) is 0.667. The van der Waals surface area contributed by atoms with Gasteiger partial charge >= 0.3 is 6.09 Å². The highest BCUT2D eigenvalue weighted by Gasteiger charge is 2.38. The second-order valence-corrected chi connectivity index (χ2v) is 11.7. The van der Waals surface area contributed by atoms with E-state index in [0.29, 0.717) is 17.0 Å². The molecule has 0 radical (unpaired) electrons. The number of hydrogen-bond acceptors (Lipinski definition) is 6. The number of nitrogens with zero attached hydrogens (tertiary/aromatic N) is 2. The van der Waals surface area contributed by atoms with Crippen LogP contribution in [0.3, 0.4) is 0 Å². The van der Waals surface area contributed by atoms with E-state index in [-0.39, 0.29) is 17.9 Å². The zero-order chi connectivity index (χ0) is 21.4. The first-order valence-corrected chi connectivity index (χ1v) is 12.5. The first-order chi connectivity index (χ1) is 14.4. The van der Waals surface area contributed by atoms with E-state index in [1.54, 1.807) is 0 Å². The van der Waals surface area contributed by atoms with Gasteiger partial charge in [-0.05, 0) is 40.8 Å². The van der Waals surface area contributed by atoms with E-state index < -0.39 is 12.1 Å². The van der Waals surface area contributed by atoms with Crippen LogP contribution in [0.5, 0.6) is 0 Å². The quantitative estimate of drug-likeness (QED) is 0.612. The van der Waals surface area contributed by atoms with Gasteiger partial charge in [0.05, 0.1) is 25.0 Å². The Morgan fingerprint density at radius 3 is 2.80 bits per heavy atom. The highest BCUT2D eigenvalue weighted by molar-refractivity contribution is 9.14. The van der Waals surface area contributed by atoms with Gasteiger partial charge in [-0.3, -0.25) is 4.79 Å². The van der Waals surface area contributed by atoms with Gasteiger partial charge in [0.15, 0.2) is 0 Å². The number of hydrogen-bond donors (Lipinski definition) is 2. The molecule has 4 unspecified atom stereocenters. The molecule has 162 valence electrons. The van der Waals surface area contributed by atoms with E-state index in [1.807, 2.05) is 48.5 Å². The maximum absolute atomic E-state index is 13.2. The predicted molar refractivity (Wildman–Crippen MR) is 124 cm³/mol. The molecular weight excluding hydrogens is 488 g/mol. The zero-order valence-corrected chi connectivity index (χ0v) is 20.3. The number of amides is 2.